The summed E-state index contributed by atoms with van der Waals surface area (Å²) in [4.78, 5) is 35.9. The molecule has 8 nitrogen and oxygen atoms in total. The molecule has 0 saturated carbocycles. The Kier molecular flexibility index (Phi) is 7.47. The van der Waals surface area contributed by atoms with Crippen LogP contribution in [0.15, 0.2) is 0 Å². The second kappa shape index (κ2) is 8.86. The van der Waals surface area contributed by atoms with E-state index in [1.54, 1.807) is 4.90 Å². The number of carboxylic acid groups (broad SMARTS) is 1. The van der Waals surface area contributed by atoms with Crippen molar-refractivity contribution in [2.45, 2.75) is 58.1 Å². The highest BCUT2D eigenvalue weighted by atomic mass is 16.6. The molecule has 138 valence electrons. The predicted molar refractivity (Wildman–Crippen MR) is 88.4 cm³/mol. The summed E-state index contributed by atoms with van der Waals surface area (Å²) in [7, 11) is 0. The van der Waals surface area contributed by atoms with Gasteiger partial charge in [-0.05, 0) is 46.0 Å². The van der Waals surface area contributed by atoms with E-state index in [0.717, 1.165) is 19.3 Å². The fourth-order valence-electron chi connectivity index (χ4n) is 2.47. The standard InChI is InChI=1S/C16H29N3O5/c1-16(2,3)24-15(23)19-8-6-11(7-9-19)4-5-13(20)18-10-12(17)14(21)22/h11-12H,4-10,17H2,1-3H3,(H,18,20)(H,21,22)/t12-/m0/s1. The zero-order valence-electron chi connectivity index (χ0n) is 14.7. The van der Waals surface area contributed by atoms with Gasteiger partial charge in [-0.15, -0.1) is 0 Å². The molecular formula is C16H29N3O5. The van der Waals surface area contributed by atoms with E-state index >= 15 is 0 Å². The summed E-state index contributed by atoms with van der Waals surface area (Å²) in [6.45, 7) is 6.72. The SMILES string of the molecule is CC(C)(C)OC(=O)N1CCC(CCC(=O)NC[C@H](N)C(=O)O)CC1. The lowest BCUT2D eigenvalue weighted by molar-refractivity contribution is -0.138. The van der Waals surface area contributed by atoms with E-state index < -0.39 is 17.6 Å². The molecule has 0 spiro atoms. The number of amides is 2. The van der Waals surface area contributed by atoms with Crippen molar-refractivity contribution in [3.63, 3.8) is 0 Å². The molecule has 24 heavy (non-hydrogen) atoms. The molecular weight excluding hydrogens is 314 g/mol. The first-order chi connectivity index (χ1) is 11.1. The Morgan fingerprint density at radius 1 is 1.29 bits per heavy atom. The number of carbonyl (C=O) groups is 3. The number of nitrogens with two attached hydrogens (primary N) is 1. The van der Waals surface area contributed by atoms with E-state index in [1.807, 2.05) is 20.8 Å². The summed E-state index contributed by atoms with van der Waals surface area (Å²) in [5.74, 6) is -0.950. The highest BCUT2D eigenvalue weighted by molar-refractivity contribution is 5.78. The van der Waals surface area contributed by atoms with Crippen LogP contribution in [0.25, 0.3) is 0 Å². The summed E-state index contributed by atoms with van der Waals surface area (Å²) in [6, 6.07) is -1.08. The summed E-state index contributed by atoms with van der Waals surface area (Å²) in [6.07, 6.45) is 2.43. The van der Waals surface area contributed by atoms with Crippen molar-refractivity contribution in [1.82, 2.24) is 10.2 Å². The molecule has 2 amide bonds. The van der Waals surface area contributed by atoms with E-state index in [2.05, 4.69) is 5.32 Å². The molecule has 4 N–H and O–H groups in total. The van der Waals surface area contributed by atoms with Crippen molar-refractivity contribution in [3.05, 3.63) is 0 Å². The van der Waals surface area contributed by atoms with Crippen molar-refractivity contribution in [2.75, 3.05) is 19.6 Å². The molecule has 1 saturated heterocycles. The van der Waals surface area contributed by atoms with Gasteiger partial charge in [-0.2, -0.15) is 0 Å². The number of rotatable bonds is 6. The number of carboxylic acids is 1. The van der Waals surface area contributed by atoms with Gasteiger partial charge in [0.15, 0.2) is 0 Å². The van der Waals surface area contributed by atoms with Crippen LogP contribution in [0.2, 0.25) is 0 Å². The minimum Gasteiger partial charge on any atom is -0.480 e. The zero-order valence-corrected chi connectivity index (χ0v) is 14.7. The van der Waals surface area contributed by atoms with Crippen LogP contribution in [0, 0.1) is 5.92 Å². The van der Waals surface area contributed by atoms with Crippen LogP contribution in [0.3, 0.4) is 0 Å². The third kappa shape index (κ3) is 7.63. The average molecular weight is 343 g/mol. The molecule has 0 aliphatic carbocycles. The predicted octanol–water partition coefficient (Wildman–Crippen LogP) is 0.942. The third-order valence-corrected chi connectivity index (χ3v) is 3.88. The van der Waals surface area contributed by atoms with E-state index in [-0.39, 0.29) is 18.5 Å². The highest BCUT2D eigenvalue weighted by Gasteiger charge is 2.27. The summed E-state index contributed by atoms with van der Waals surface area (Å²) >= 11 is 0. The van der Waals surface area contributed by atoms with E-state index in [9.17, 15) is 14.4 Å². The maximum Gasteiger partial charge on any atom is 0.410 e. The lowest BCUT2D eigenvalue weighted by atomic mass is 9.92. The normalized spacial score (nSPS) is 17.2. The number of nitrogens with zero attached hydrogens (tertiary/aromatic N) is 1. The summed E-state index contributed by atoms with van der Waals surface area (Å²) in [5.41, 5.74) is 4.83. The van der Waals surface area contributed by atoms with Crippen molar-refractivity contribution < 1.29 is 24.2 Å². The molecule has 1 aliphatic rings. The second-order valence-electron chi connectivity index (χ2n) is 7.20. The third-order valence-electron chi connectivity index (χ3n) is 3.88. The number of aliphatic carboxylic acids is 1. The van der Waals surface area contributed by atoms with Crippen LogP contribution in [-0.2, 0) is 14.3 Å². The van der Waals surface area contributed by atoms with Crippen LogP contribution in [-0.4, -0.2) is 59.3 Å². The fraction of sp³-hybridized carbons (Fsp3) is 0.812. The number of nitrogens with one attached hydrogen (secondary N) is 1. The average Bonchev–Trinajstić information content (AvgIpc) is 2.49. The molecule has 0 unspecified atom stereocenters. The number of likely N-dealkylation sites (tertiary alicyclic amines) is 1. The minimum absolute atomic E-state index is 0.0642. The summed E-state index contributed by atoms with van der Waals surface area (Å²) in [5, 5.41) is 11.2. The molecule has 1 atom stereocenters. The Labute approximate surface area is 142 Å². The minimum atomic E-state index is -1.13. The van der Waals surface area contributed by atoms with Gasteiger partial charge in [-0.1, -0.05) is 0 Å². The van der Waals surface area contributed by atoms with Gasteiger partial charge in [0.2, 0.25) is 5.91 Å². The van der Waals surface area contributed by atoms with E-state index in [4.69, 9.17) is 15.6 Å². The topological polar surface area (TPSA) is 122 Å². The number of ether oxygens (including phenoxy) is 1. The lowest BCUT2D eigenvalue weighted by Gasteiger charge is -2.33. The maximum atomic E-state index is 12.0. The van der Waals surface area contributed by atoms with Crippen molar-refractivity contribution in [2.24, 2.45) is 11.7 Å². The highest BCUT2D eigenvalue weighted by Crippen LogP contribution is 2.23. The molecule has 0 radical (unpaired) electrons. The molecule has 0 aromatic carbocycles. The molecule has 1 rings (SSSR count). The van der Waals surface area contributed by atoms with Gasteiger partial charge in [0.1, 0.15) is 11.6 Å². The second-order valence-corrected chi connectivity index (χ2v) is 7.20. The van der Waals surface area contributed by atoms with E-state index in [1.165, 1.54) is 0 Å². The van der Waals surface area contributed by atoms with Gasteiger partial charge in [0.25, 0.3) is 0 Å². The van der Waals surface area contributed by atoms with E-state index in [0.29, 0.717) is 25.4 Å². The summed E-state index contributed by atoms with van der Waals surface area (Å²) < 4.78 is 5.35. The van der Waals surface area contributed by atoms with Crippen LogP contribution in [0.1, 0.15) is 46.5 Å². The Hall–Kier alpha value is -1.83. The molecule has 1 fully saturated rings. The van der Waals surface area contributed by atoms with Crippen LogP contribution < -0.4 is 11.1 Å². The van der Waals surface area contributed by atoms with Gasteiger partial charge < -0.3 is 25.8 Å². The quantitative estimate of drug-likeness (QED) is 0.660. The van der Waals surface area contributed by atoms with Crippen LogP contribution in [0.5, 0.6) is 0 Å². The van der Waals surface area contributed by atoms with Crippen LogP contribution in [0.4, 0.5) is 4.79 Å². The molecule has 0 aromatic heterocycles. The first kappa shape index (κ1) is 20.2. The molecule has 1 heterocycles. The maximum absolute atomic E-state index is 12.0. The van der Waals surface area contributed by atoms with Gasteiger partial charge >= 0.3 is 12.1 Å². The van der Waals surface area contributed by atoms with Crippen LogP contribution >= 0.6 is 0 Å². The first-order valence-corrected chi connectivity index (χ1v) is 8.31. The Morgan fingerprint density at radius 3 is 2.38 bits per heavy atom. The number of hydrogen-bond acceptors (Lipinski definition) is 5. The van der Waals surface area contributed by atoms with Gasteiger partial charge in [0, 0.05) is 26.1 Å². The number of piperidine rings is 1. The molecule has 0 aromatic rings. The Bertz CT molecular complexity index is 453. The molecule has 1 aliphatic heterocycles. The van der Waals surface area contributed by atoms with Crippen molar-refractivity contribution in [3.8, 4) is 0 Å². The largest absolute Gasteiger partial charge is 0.480 e. The van der Waals surface area contributed by atoms with Crippen molar-refractivity contribution >= 4 is 18.0 Å². The molecule has 0 bridgehead atoms. The lowest BCUT2D eigenvalue weighted by Crippen LogP contribution is -2.43. The number of carbonyl (C=O) groups excluding carboxylic acids is 2. The Morgan fingerprint density at radius 2 is 1.88 bits per heavy atom. The number of hydrogen-bond donors (Lipinski definition) is 3. The van der Waals surface area contributed by atoms with Gasteiger partial charge in [-0.3, -0.25) is 9.59 Å². The van der Waals surface area contributed by atoms with Crippen molar-refractivity contribution in [1.29, 1.82) is 0 Å². The smallest absolute Gasteiger partial charge is 0.410 e. The van der Waals surface area contributed by atoms with Gasteiger partial charge in [-0.25, -0.2) is 4.79 Å². The Balaban J connectivity index is 2.23. The fourth-order valence-corrected chi connectivity index (χ4v) is 2.47. The van der Waals surface area contributed by atoms with Gasteiger partial charge in [0.05, 0.1) is 0 Å². The monoisotopic (exact) mass is 343 g/mol. The first-order valence-electron chi connectivity index (χ1n) is 8.31. The zero-order chi connectivity index (χ0) is 18.3. The molecule has 8 heteroatoms.